The maximum atomic E-state index is 6.67. The second-order valence-electron chi connectivity index (χ2n) is 10.5. The predicted molar refractivity (Wildman–Crippen MR) is 168 cm³/mol. The van der Waals surface area contributed by atoms with Gasteiger partial charge in [0.25, 0.3) is 0 Å². The Morgan fingerprint density at radius 2 is 1.07 bits per heavy atom. The molecule has 0 saturated carbocycles. The van der Waals surface area contributed by atoms with Gasteiger partial charge in [-0.05, 0) is 68.2 Å². The molecular formula is C38H22N2O. The van der Waals surface area contributed by atoms with Crippen LogP contribution in [-0.2, 0) is 0 Å². The number of hydrogen-bond acceptors (Lipinski definition) is 3. The molecule has 0 atom stereocenters. The molecule has 0 spiro atoms. The molecule has 0 aliphatic carbocycles. The van der Waals surface area contributed by atoms with Crippen LogP contribution in [0.5, 0.6) is 11.5 Å². The Morgan fingerprint density at radius 3 is 1.83 bits per heavy atom. The van der Waals surface area contributed by atoms with Gasteiger partial charge in [0.05, 0.1) is 16.6 Å². The number of benzene rings is 7. The minimum Gasteiger partial charge on any atom is -0.455 e. The van der Waals surface area contributed by atoms with E-state index in [1.807, 2.05) is 36.4 Å². The average molecular weight is 523 g/mol. The minimum absolute atomic E-state index is 0.715. The van der Waals surface area contributed by atoms with E-state index in [1.165, 1.54) is 32.3 Å². The van der Waals surface area contributed by atoms with Gasteiger partial charge in [-0.25, -0.2) is 9.97 Å². The fraction of sp³-hybridized carbons (Fsp3) is 0. The number of ether oxygens (including phenoxy) is 1. The summed E-state index contributed by atoms with van der Waals surface area (Å²) in [7, 11) is 0. The number of hydrogen-bond donors (Lipinski definition) is 0. The van der Waals surface area contributed by atoms with E-state index >= 15 is 0 Å². The number of rotatable bonds is 2. The van der Waals surface area contributed by atoms with Crippen LogP contribution >= 0.6 is 0 Å². The minimum atomic E-state index is 0.715. The van der Waals surface area contributed by atoms with Gasteiger partial charge in [0, 0.05) is 16.7 Å². The first-order valence-electron chi connectivity index (χ1n) is 13.8. The van der Waals surface area contributed by atoms with Gasteiger partial charge < -0.3 is 4.74 Å². The van der Waals surface area contributed by atoms with Crippen LogP contribution in [-0.4, -0.2) is 9.97 Å². The van der Waals surface area contributed by atoms with E-state index in [0.29, 0.717) is 5.82 Å². The third kappa shape index (κ3) is 3.26. The van der Waals surface area contributed by atoms with Gasteiger partial charge in [-0.15, -0.1) is 0 Å². The maximum absolute atomic E-state index is 6.67. The molecule has 1 aliphatic rings. The summed E-state index contributed by atoms with van der Waals surface area (Å²) in [5.74, 6) is 2.33. The van der Waals surface area contributed by atoms with Crippen molar-refractivity contribution >= 4 is 43.2 Å². The predicted octanol–water partition coefficient (Wildman–Crippen LogP) is 10.2. The van der Waals surface area contributed by atoms with E-state index in [0.717, 1.165) is 50.3 Å². The quantitative estimate of drug-likeness (QED) is 0.212. The smallest absolute Gasteiger partial charge is 0.160 e. The highest BCUT2D eigenvalue weighted by atomic mass is 16.5. The summed E-state index contributed by atoms with van der Waals surface area (Å²) in [4.78, 5) is 10.1. The van der Waals surface area contributed by atoms with Crippen molar-refractivity contribution in [2.75, 3.05) is 0 Å². The summed E-state index contributed by atoms with van der Waals surface area (Å²) in [5, 5.41) is 8.49. The van der Waals surface area contributed by atoms with Crippen molar-refractivity contribution in [2.45, 2.75) is 0 Å². The molecule has 0 unspecified atom stereocenters. The topological polar surface area (TPSA) is 35.0 Å². The molecule has 7 aromatic carbocycles. The highest BCUT2D eigenvalue weighted by Gasteiger charge is 2.26. The summed E-state index contributed by atoms with van der Waals surface area (Å²) in [6, 6.07) is 46.7. The normalized spacial score (nSPS) is 12.1. The highest BCUT2D eigenvalue weighted by molar-refractivity contribution is 6.25. The van der Waals surface area contributed by atoms with Crippen LogP contribution < -0.4 is 4.74 Å². The first-order chi connectivity index (χ1) is 20.3. The number of fused-ring (bicyclic) bond motifs is 8. The van der Waals surface area contributed by atoms with Gasteiger partial charge in [-0.2, -0.15) is 0 Å². The van der Waals surface area contributed by atoms with Crippen molar-refractivity contribution in [1.29, 1.82) is 0 Å². The lowest BCUT2D eigenvalue weighted by molar-refractivity contribution is 0.488. The SMILES string of the molecule is c1ccc(-c2nc3c4c(c(-c5ccc6c7ccccc7c7ccccc7c6c5)ccc4n2)Oc2ccccc2-3)cc1. The molecule has 1 aliphatic heterocycles. The second kappa shape index (κ2) is 8.48. The van der Waals surface area contributed by atoms with Crippen molar-refractivity contribution in [2.24, 2.45) is 0 Å². The van der Waals surface area contributed by atoms with Crippen LogP contribution in [0.25, 0.3) is 77.0 Å². The van der Waals surface area contributed by atoms with Gasteiger partial charge in [0.1, 0.15) is 11.5 Å². The van der Waals surface area contributed by atoms with Crippen LogP contribution in [0.4, 0.5) is 0 Å². The Hall–Kier alpha value is -5.54. The molecule has 0 saturated heterocycles. The van der Waals surface area contributed by atoms with Crippen LogP contribution in [0.3, 0.4) is 0 Å². The van der Waals surface area contributed by atoms with Crippen LogP contribution in [0, 0.1) is 0 Å². The summed E-state index contributed by atoms with van der Waals surface area (Å²) in [5.41, 5.74) is 5.89. The molecule has 41 heavy (non-hydrogen) atoms. The monoisotopic (exact) mass is 522 g/mol. The largest absolute Gasteiger partial charge is 0.455 e. The van der Waals surface area contributed by atoms with E-state index in [2.05, 4.69) is 97.1 Å². The van der Waals surface area contributed by atoms with Crippen molar-refractivity contribution < 1.29 is 4.74 Å². The van der Waals surface area contributed by atoms with E-state index in [9.17, 15) is 0 Å². The lowest BCUT2D eigenvalue weighted by Gasteiger charge is -2.23. The average Bonchev–Trinajstić information content (AvgIpc) is 3.05. The zero-order chi connectivity index (χ0) is 26.9. The lowest BCUT2D eigenvalue weighted by atomic mass is 9.91. The Morgan fingerprint density at radius 1 is 0.439 bits per heavy atom. The molecule has 8 aromatic rings. The van der Waals surface area contributed by atoms with Crippen molar-refractivity contribution in [3.05, 3.63) is 133 Å². The van der Waals surface area contributed by atoms with E-state index in [1.54, 1.807) is 0 Å². The zero-order valence-electron chi connectivity index (χ0n) is 22.0. The van der Waals surface area contributed by atoms with Crippen molar-refractivity contribution in [3.8, 4) is 45.3 Å². The Balaban J connectivity index is 1.34. The molecule has 2 heterocycles. The summed E-state index contributed by atoms with van der Waals surface area (Å²) >= 11 is 0. The van der Waals surface area contributed by atoms with Gasteiger partial charge in [-0.3, -0.25) is 0 Å². The standard InChI is InChI=1S/C38H22N2O/c1-2-10-23(11-3-1)38-39-33-21-20-25(37-35(33)36(40-38)31-16-8-9-17-34(31)41-37)24-18-19-30-28-14-5-4-12-26(28)27-13-6-7-15-29(27)32(30)22-24/h1-22H. The molecule has 3 heteroatoms. The molecule has 0 N–H and O–H groups in total. The molecular weight excluding hydrogens is 500 g/mol. The molecule has 0 amide bonds. The molecule has 0 radical (unpaired) electrons. The van der Waals surface area contributed by atoms with Gasteiger partial charge in [-0.1, -0.05) is 103 Å². The highest BCUT2D eigenvalue weighted by Crippen LogP contribution is 2.50. The van der Waals surface area contributed by atoms with Crippen LogP contribution in [0.1, 0.15) is 0 Å². The second-order valence-corrected chi connectivity index (χ2v) is 10.5. The molecule has 3 nitrogen and oxygen atoms in total. The molecule has 0 bridgehead atoms. The number of nitrogens with zero attached hydrogens (tertiary/aromatic N) is 2. The molecule has 0 fully saturated rings. The number of aromatic nitrogens is 2. The summed E-state index contributed by atoms with van der Waals surface area (Å²) < 4.78 is 6.67. The Kier molecular flexibility index (Phi) is 4.61. The zero-order valence-corrected chi connectivity index (χ0v) is 22.0. The molecule has 1 aromatic heterocycles. The lowest BCUT2D eigenvalue weighted by Crippen LogP contribution is -2.03. The van der Waals surface area contributed by atoms with E-state index in [-0.39, 0.29) is 0 Å². The third-order valence-corrected chi connectivity index (χ3v) is 8.26. The van der Waals surface area contributed by atoms with Gasteiger partial charge >= 0.3 is 0 Å². The first kappa shape index (κ1) is 22.3. The van der Waals surface area contributed by atoms with E-state index < -0.39 is 0 Å². The molecule has 190 valence electrons. The number of para-hydroxylation sites is 1. The van der Waals surface area contributed by atoms with Gasteiger partial charge in [0.2, 0.25) is 0 Å². The maximum Gasteiger partial charge on any atom is 0.160 e. The third-order valence-electron chi connectivity index (χ3n) is 8.26. The fourth-order valence-electron chi connectivity index (χ4n) is 6.38. The summed E-state index contributed by atoms with van der Waals surface area (Å²) in [6.07, 6.45) is 0. The first-order valence-corrected chi connectivity index (χ1v) is 13.8. The Labute approximate surface area is 236 Å². The van der Waals surface area contributed by atoms with Crippen molar-refractivity contribution in [3.63, 3.8) is 0 Å². The molecule has 9 rings (SSSR count). The van der Waals surface area contributed by atoms with Gasteiger partial charge in [0.15, 0.2) is 5.82 Å². The van der Waals surface area contributed by atoms with Crippen LogP contribution in [0.2, 0.25) is 0 Å². The fourth-order valence-corrected chi connectivity index (χ4v) is 6.38. The van der Waals surface area contributed by atoms with Crippen LogP contribution in [0.15, 0.2) is 133 Å². The van der Waals surface area contributed by atoms with Crippen molar-refractivity contribution in [1.82, 2.24) is 9.97 Å². The van der Waals surface area contributed by atoms with E-state index in [4.69, 9.17) is 14.7 Å². The Bertz CT molecular complexity index is 2310. The summed E-state index contributed by atoms with van der Waals surface area (Å²) in [6.45, 7) is 0.